The molecule has 3 aromatic heterocycles. The normalized spacial score (nSPS) is 11.9. The summed E-state index contributed by atoms with van der Waals surface area (Å²) in [5.74, 6) is 0.255. The van der Waals surface area contributed by atoms with Crippen LogP contribution in [-0.4, -0.2) is 29.9 Å². The minimum absolute atomic E-state index is 0.108. The van der Waals surface area contributed by atoms with Crippen LogP contribution in [0.5, 0.6) is 0 Å². The fourth-order valence-electron chi connectivity index (χ4n) is 3.21. The van der Waals surface area contributed by atoms with Crippen molar-refractivity contribution in [3.05, 3.63) is 59.7 Å². The zero-order chi connectivity index (χ0) is 25.2. The largest absolute Gasteiger partial charge is 0.451 e. The number of rotatable bonds is 9. The van der Waals surface area contributed by atoms with Crippen LogP contribution in [0, 0.1) is 11.7 Å². The van der Waals surface area contributed by atoms with E-state index in [-0.39, 0.29) is 22.3 Å². The first-order chi connectivity index (χ1) is 16.7. The van der Waals surface area contributed by atoms with Crippen LogP contribution >= 0.6 is 11.3 Å². The second-order valence-corrected chi connectivity index (χ2v) is 11.3. The number of benzene rings is 1. The molecule has 4 aromatic rings. The van der Waals surface area contributed by atoms with E-state index in [0.29, 0.717) is 34.7 Å². The predicted molar refractivity (Wildman–Crippen MR) is 135 cm³/mol. The van der Waals surface area contributed by atoms with Crippen molar-refractivity contribution in [1.82, 2.24) is 15.0 Å². The predicted octanol–water partition coefficient (Wildman–Crippen LogP) is 5.99. The van der Waals surface area contributed by atoms with Gasteiger partial charge in [-0.3, -0.25) is 4.72 Å². The highest BCUT2D eigenvalue weighted by Gasteiger charge is 2.24. The summed E-state index contributed by atoms with van der Waals surface area (Å²) in [5.41, 5.74) is 0.958. The van der Waals surface area contributed by atoms with Gasteiger partial charge in [0.25, 0.3) is 10.0 Å². The highest BCUT2D eigenvalue weighted by molar-refractivity contribution is 7.92. The number of nitrogens with one attached hydrogen (secondary N) is 2. The third-order valence-electron chi connectivity index (χ3n) is 4.95. The lowest BCUT2D eigenvalue weighted by Gasteiger charge is -2.11. The van der Waals surface area contributed by atoms with E-state index in [1.165, 1.54) is 35.8 Å². The number of aromatic nitrogens is 3. The van der Waals surface area contributed by atoms with Gasteiger partial charge >= 0.3 is 0 Å². The summed E-state index contributed by atoms with van der Waals surface area (Å²) in [6.45, 7) is 8.90. The molecule has 3 heterocycles. The fraction of sp³-hybridized carbons (Fsp3) is 0.292. The van der Waals surface area contributed by atoms with Crippen LogP contribution in [0.25, 0.3) is 21.8 Å². The molecule has 0 unspecified atom stereocenters. The summed E-state index contributed by atoms with van der Waals surface area (Å²) in [7, 11) is -4.08. The molecule has 8 nitrogen and oxygen atoms in total. The molecule has 11 heteroatoms. The Bertz CT molecular complexity index is 1420. The number of nitrogens with zero attached hydrogens (tertiary/aromatic N) is 3. The average Bonchev–Trinajstić information content (AvgIpc) is 3.50. The van der Waals surface area contributed by atoms with Crippen LogP contribution in [0.2, 0.25) is 0 Å². The van der Waals surface area contributed by atoms with Gasteiger partial charge in [-0.25, -0.2) is 19.3 Å². The van der Waals surface area contributed by atoms with Crippen molar-refractivity contribution in [1.29, 1.82) is 0 Å². The molecule has 4 rings (SSSR count). The fourth-order valence-corrected chi connectivity index (χ4v) is 5.25. The number of sulfonamides is 1. The Hall–Kier alpha value is -3.31. The minimum atomic E-state index is -4.08. The Kier molecular flexibility index (Phi) is 7.18. The van der Waals surface area contributed by atoms with Gasteiger partial charge in [0.1, 0.15) is 0 Å². The van der Waals surface area contributed by atoms with Crippen LogP contribution < -0.4 is 10.0 Å². The van der Waals surface area contributed by atoms with Gasteiger partial charge in [-0.1, -0.05) is 33.8 Å². The lowest BCUT2D eigenvalue weighted by atomic mass is 10.1. The third kappa shape index (κ3) is 5.51. The van der Waals surface area contributed by atoms with E-state index >= 15 is 4.39 Å². The van der Waals surface area contributed by atoms with E-state index in [1.807, 2.05) is 13.8 Å². The molecule has 0 atom stereocenters. The monoisotopic (exact) mass is 515 g/mol. The quantitative estimate of drug-likeness (QED) is 0.282. The van der Waals surface area contributed by atoms with Gasteiger partial charge in [-0.05, 0) is 36.2 Å². The Balaban J connectivity index is 1.77. The molecule has 0 radical (unpaired) electrons. The van der Waals surface area contributed by atoms with E-state index in [4.69, 9.17) is 9.40 Å². The van der Waals surface area contributed by atoms with Crippen LogP contribution in [-0.2, 0) is 10.0 Å². The zero-order valence-corrected chi connectivity index (χ0v) is 21.4. The van der Waals surface area contributed by atoms with E-state index in [1.54, 1.807) is 24.4 Å². The van der Waals surface area contributed by atoms with Crippen molar-refractivity contribution in [2.45, 2.75) is 38.7 Å². The minimum Gasteiger partial charge on any atom is -0.451 e. The van der Waals surface area contributed by atoms with Gasteiger partial charge in [0, 0.05) is 24.2 Å². The van der Waals surface area contributed by atoms with Gasteiger partial charge in [-0.2, -0.15) is 8.42 Å². The lowest BCUT2D eigenvalue weighted by Crippen LogP contribution is -2.13. The Labute approximate surface area is 207 Å². The van der Waals surface area contributed by atoms with Crippen molar-refractivity contribution in [3.8, 4) is 21.8 Å². The number of hydrogen-bond acceptors (Lipinski definition) is 8. The molecule has 0 bridgehead atoms. The Morgan fingerprint density at radius 2 is 1.89 bits per heavy atom. The first-order valence-corrected chi connectivity index (χ1v) is 13.4. The molecular weight excluding hydrogens is 489 g/mol. The van der Waals surface area contributed by atoms with Crippen molar-refractivity contribution >= 4 is 33.0 Å². The number of anilines is 2. The Morgan fingerprint density at radius 3 is 2.57 bits per heavy atom. The van der Waals surface area contributed by atoms with Crippen molar-refractivity contribution in [3.63, 3.8) is 0 Å². The van der Waals surface area contributed by atoms with E-state index < -0.39 is 15.8 Å². The van der Waals surface area contributed by atoms with Crippen LogP contribution in [0.3, 0.4) is 0 Å². The third-order valence-corrected chi connectivity index (χ3v) is 7.58. The highest BCUT2D eigenvalue weighted by atomic mass is 32.2. The number of halogens is 1. The maximum Gasteiger partial charge on any atom is 0.295 e. The first kappa shape index (κ1) is 24.8. The van der Waals surface area contributed by atoms with Crippen molar-refractivity contribution in [2.24, 2.45) is 5.92 Å². The summed E-state index contributed by atoms with van der Waals surface area (Å²) >= 11 is 1.42. The molecule has 184 valence electrons. The van der Waals surface area contributed by atoms with Gasteiger partial charge in [0.05, 0.1) is 33.2 Å². The summed E-state index contributed by atoms with van der Waals surface area (Å²) < 4.78 is 48.1. The molecule has 0 spiro atoms. The summed E-state index contributed by atoms with van der Waals surface area (Å²) in [6, 6.07) is 8.99. The number of hydrogen-bond donors (Lipinski definition) is 2. The summed E-state index contributed by atoms with van der Waals surface area (Å²) in [5, 5.41) is 3.71. The molecule has 0 aliphatic carbocycles. The molecule has 2 N–H and O–H groups in total. The van der Waals surface area contributed by atoms with Crippen LogP contribution in [0.4, 0.5) is 16.0 Å². The molecule has 0 aliphatic heterocycles. The standard InChI is InChI=1S/C24H26FN5O3S2/c1-14(2)13-27-24-26-11-10-18(28-24)22-21(29-23(34-22)15(3)4)16-7-5-8-17(20(16)25)30-35(31,32)19-9-6-12-33-19/h5-12,14-15,30H,13H2,1-4H3,(H,26,27,28). The summed E-state index contributed by atoms with van der Waals surface area (Å²) in [6.07, 6.45) is 2.89. The molecule has 35 heavy (non-hydrogen) atoms. The SMILES string of the molecule is CC(C)CNc1nccc(-c2sc(C(C)C)nc2-c2cccc(NS(=O)(=O)c3ccco3)c2F)n1. The van der Waals surface area contributed by atoms with Crippen LogP contribution in [0.1, 0.15) is 38.6 Å². The van der Waals surface area contributed by atoms with Crippen molar-refractivity contribution in [2.75, 3.05) is 16.6 Å². The second kappa shape index (κ2) is 10.1. The lowest BCUT2D eigenvalue weighted by molar-refractivity contribution is 0.452. The average molecular weight is 516 g/mol. The maximum atomic E-state index is 15.7. The van der Waals surface area contributed by atoms with E-state index in [9.17, 15) is 8.42 Å². The van der Waals surface area contributed by atoms with Gasteiger partial charge in [-0.15, -0.1) is 11.3 Å². The molecule has 0 amide bonds. The van der Waals surface area contributed by atoms with E-state index in [2.05, 4.69) is 33.9 Å². The zero-order valence-electron chi connectivity index (χ0n) is 19.7. The van der Waals surface area contributed by atoms with Crippen LogP contribution in [0.15, 0.2) is 58.4 Å². The molecule has 0 saturated heterocycles. The number of thiazole rings is 1. The highest BCUT2D eigenvalue weighted by Crippen LogP contribution is 2.40. The second-order valence-electron chi connectivity index (χ2n) is 8.63. The molecular formula is C24H26FN5O3S2. The van der Waals surface area contributed by atoms with Gasteiger partial charge in [0.2, 0.25) is 11.0 Å². The van der Waals surface area contributed by atoms with Crippen molar-refractivity contribution < 1.29 is 17.2 Å². The molecule has 0 saturated carbocycles. The topological polar surface area (TPSA) is 110 Å². The summed E-state index contributed by atoms with van der Waals surface area (Å²) in [4.78, 5) is 14.3. The maximum absolute atomic E-state index is 15.7. The smallest absolute Gasteiger partial charge is 0.295 e. The first-order valence-electron chi connectivity index (χ1n) is 11.1. The van der Waals surface area contributed by atoms with Gasteiger partial charge < -0.3 is 9.73 Å². The molecule has 0 aliphatic rings. The van der Waals surface area contributed by atoms with Gasteiger partial charge in [0.15, 0.2) is 5.82 Å². The number of furan rings is 1. The molecule has 0 fully saturated rings. The Morgan fingerprint density at radius 1 is 1.09 bits per heavy atom. The van der Waals surface area contributed by atoms with E-state index in [0.717, 1.165) is 5.01 Å². The molecule has 1 aromatic carbocycles.